The van der Waals surface area contributed by atoms with E-state index in [2.05, 4.69) is 35.2 Å². The summed E-state index contributed by atoms with van der Waals surface area (Å²) in [6, 6.07) is 4.65. The van der Waals surface area contributed by atoms with Crippen LogP contribution in [0.15, 0.2) is 30.7 Å². The molecule has 0 aliphatic heterocycles. The van der Waals surface area contributed by atoms with Gasteiger partial charge in [0.05, 0.1) is 5.69 Å². The molecule has 4 heteroatoms. The van der Waals surface area contributed by atoms with Gasteiger partial charge in [0.15, 0.2) is 5.82 Å². The SMILES string of the molecule is Cc1nccn1-c1ncccc1NC1CCC(C)(C)CC1. The third-order valence-electron chi connectivity index (χ3n) is 4.54. The Balaban J connectivity index is 1.79. The van der Waals surface area contributed by atoms with Crippen LogP contribution >= 0.6 is 0 Å². The molecule has 1 aliphatic rings. The fourth-order valence-corrected chi connectivity index (χ4v) is 3.07. The smallest absolute Gasteiger partial charge is 0.161 e. The van der Waals surface area contributed by atoms with Crippen LogP contribution in [0.1, 0.15) is 45.4 Å². The van der Waals surface area contributed by atoms with E-state index in [1.54, 1.807) is 0 Å². The molecule has 4 nitrogen and oxygen atoms in total. The molecule has 0 unspecified atom stereocenters. The predicted octanol–water partition coefficient (Wildman–Crippen LogP) is 3.96. The van der Waals surface area contributed by atoms with Crippen LogP contribution in [-0.4, -0.2) is 20.6 Å². The Morgan fingerprint density at radius 1 is 1.19 bits per heavy atom. The summed E-state index contributed by atoms with van der Waals surface area (Å²) < 4.78 is 2.04. The second-order valence-electron chi connectivity index (χ2n) is 6.80. The van der Waals surface area contributed by atoms with E-state index < -0.39 is 0 Å². The summed E-state index contributed by atoms with van der Waals surface area (Å²) in [6.45, 7) is 6.74. The van der Waals surface area contributed by atoms with Crippen molar-refractivity contribution in [2.24, 2.45) is 5.41 Å². The number of imidazole rings is 1. The lowest BCUT2D eigenvalue weighted by molar-refractivity contribution is 0.232. The Bertz CT molecular complexity index is 605. The van der Waals surface area contributed by atoms with Gasteiger partial charge in [0.2, 0.25) is 0 Å². The van der Waals surface area contributed by atoms with E-state index in [0.717, 1.165) is 17.3 Å². The molecule has 0 aromatic carbocycles. The highest BCUT2D eigenvalue weighted by molar-refractivity contribution is 5.57. The van der Waals surface area contributed by atoms with Gasteiger partial charge in [-0.05, 0) is 50.2 Å². The molecule has 3 rings (SSSR count). The highest BCUT2D eigenvalue weighted by Gasteiger charge is 2.27. The van der Waals surface area contributed by atoms with Crippen molar-refractivity contribution in [1.82, 2.24) is 14.5 Å². The lowest BCUT2D eigenvalue weighted by atomic mass is 9.75. The van der Waals surface area contributed by atoms with Crippen LogP contribution in [-0.2, 0) is 0 Å². The molecular formula is C17H24N4. The molecule has 0 spiro atoms. The molecule has 1 saturated carbocycles. The number of anilines is 1. The van der Waals surface area contributed by atoms with Crippen molar-refractivity contribution in [2.45, 2.75) is 52.5 Å². The average Bonchev–Trinajstić information content (AvgIpc) is 2.88. The van der Waals surface area contributed by atoms with E-state index in [-0.39, 0.29) is 0 Å². The zero-order valence-electron chi connectivity index (χ0n) is 13.1. The molecular weight excluding hydrogens is 260 g/mol. The molecule has 1 N–H and O–H groups in total. The number of hydrogen-bond acceptors (Lipinski definition) is 3. The van der Waals surface area contributed by atoms with Crippen LogP contribution in [0.2, 0.25) is 0 Å². The first-order valence-corrected chi connectivity index (χ1v) is 7.77. The van der Waals surface area contributed by atoms with Gasteiger partial charge in [-0.1, -0.05) is 13.8 Å². The topological polar surface area (TPSA) is 42.7 Å². The number of aromatic nitrogens is 3. The van der Waals surface area contributed by atoms with E-state index in [9.17, 15) is 0 Å². The van der Waals surface area contributed by atoms with E-state index in [1.807, 2.05) is 36.1 Å². The van der Waals surface area contributed by atoms with Crippen molar-refractivity contribution in [2.75, 3.05) is 5.32 Å². The molecule has 1 fully saturated rings. The standard InChI is InChI=1S/C17H24N4/c1-13-18-11-12-21(13)16-15(5-4-10-19-16)20-14-6-8-17(2,3)9-7-14/h4-5,10-12,14,20H,6-9H2,1-3H3. The van der Waals surface area contributed by atoms with Crippen molar-refractivity contribution >= 4 is 5.69 Å². The summed E-state index contributed by atoms with van der Waals surface area (Å²) in [5, 5.41) is 3.69. The van der Waals surface area contributed by atoms with Crippen LogP contribution < -0.4 is 5.32 Å². The van der Waals surface area contributed by atoms with E-state index in [4.69, 9.17) is 0 Å². The second kappa shape index (κ2) is 5.51. The average molecular weight is 284 g/mol. The van der Waals surface area contributed by atoms with Crippen molar-refractivity contribution in [3.8, 4) is 5.82 Å². The highest BCUT2D eigenvalue weighted by atomic mass is 15.1. The molecule has 0 saturated heterocycles. The Labute approximate surface area is 126 Å². The Hall–Kier alpha value is -1.84. The van der Waals surface area contributed by atoms with Crippen molar-refractivity contribution in [3.63, 3.8) is 0 Å². The van der Waals surface area contributed by atoms with Gasteiger partial charge in [0.25, 0.3) is 0 Å². The summed E-state index contributed by atoms with van der Waals surface area (Å²) in [7, 11) is 0. The minimum absolute atomic E-state index is 0.497. The van der Waals surface area contributed by atoms with Gasteiger partial charge in [-0.15, -0.1) is 0 Å². The molecule has 1 aliphatic carbocycles. The maximum Gasteiger partial charge on any atom is 0.161 e. The second-order valence-corrected chi connectivity index (χ2v) is 6.80. The van der Waals surface area contributed by atoms with Crippen molar-refractivity contribution in [3.05, 3.63) is 36.5 Å². The number of rotatable bonds is 3. The van der Waals surface area contributed by atoms with Crippen LogP contribution in [0.4, 0.5) is 5.69 Å². The lowest BCUT2D eigenvalue weighted by Crippen LogP contribution is -2.30. The van der Waals surface area contributed by atoms with E-state index in [1.165, 1.54) is 25.7 Å². The fraction of sp³-hybridized carbons (Fsp3) is 0.529. The van der Waals surface area contributed by atoms with Crippen LogP contribution in [0, 0.1) is 12.3 Å². The Morgan fingerprint density at radius 3 is 2.62 bits per heavy atom. The first kappa shape index (κ1) is 14.1. The minimum Gasteiger partial charge on any atom is -0.379 e. The van der Waals surface area contributed by atoms with Gasteiger partial charge in [0, 0.05) is 24.6 Å². The Kier molecular flexibility index (Phi) is 3.70. The van der Waals surface area contributed by atoms with Crippen LogP contribution in [0.25, 0.3) is 5.82 Å². The lowest BCUT2D eigenvalue weighted by Gasteiger charge is -2.35. The summed E-state index contributed by atoms with van der Waals surface area (Å²) in [5.74, 6) is 1.90. The van der Waals surface area contributed by atoms with Crippen LogP contribution in [0.5, 0.6) is 0 Å². The number of aryl methyl sites for hydroxylation is 1. The molecule has 0 amide bonds. The normalized spacial score (nSPS) is 18.6. The van der Waals surface area contributed by atoms with Crippen molar-refractivity contribution in [1.29, 1.82) is 0 Å². The molecule has 0 bridgehead atoms. The predicted molar refractivity (Wildman–Crippen MR) is 85.8 cm³/mol. The van der Waals surface area contributed by atoms with E-state index in [0.29, 0.717) is 11.5 Å². The number of nitrogens with one attached hydrogen (secondary N) is 1. The minimum atomic E-state index is 0.497. The number of pyridine rings is 1. The van der Waals surface area contributed by atoms with Gasteiger partial charge in [-0.3, -0.25) is 4.57 Å². The van der Waals surface area contributed by atoms with Crippen molar-refractivity contribution < 1.29 is 0 Å². The molecule has 2 heterocycles. The molecule has 2 aromatic heterocycles. The monoisotopic (exact) mass is 284 g/mol. The maximum absolute atomic E-state index is 4.54. The maximum atomic E-state index is 4.54. The molecule has 0 atom stereocenters. The Morgan fingerprint density at radius 2 is 1.95 bits per heavy atom. The molecule has 112 valence electrons. The summed E-state index contributed by atoms with van der Waals surface area (Å²) in [4.78, 5) is 8.83. The summed E-state index contributed by atoms with van der Waals surface area (Å²) in [6.07, 6.45) is 10.6. The van der Waals surface area contributed by atoms with Gasteiger partial charge in [-0.2, -0.15) is 0 Å². The number of hydrogen-bond donors (Lipinski definition) is 1. The number of nitrogens with zero attached hydrogens (tertiary/aromatic N) is 3. The molecule has 0 radical (unpaired) electrons. The largest absolute Gasteiger partial charge is 0.379 e. The zero-order valence-corrected chi connectivity index (χ0v) is 13.1. The molecule has 2 aromatic rings. The quantitative estimate of drug-likeness (QED) is 0.927. The highest BCUT2D eigenvalue weighted by Crippen LogP contribution is 2.36. The third kappa shape index (κ3) is 3.09. The van der Waals surface area contributed by atoms with Gasteiger partial charge < -0.3 is 5.32 Å². The first-order chi connectivity index (χ1) is 10.1. The summed E-state index contributed by atoms with van der Waals surface area (Å²) in [5.41, 5.74) is 1.60. The molecule has 21 heavy (non-hydrogen) atoms. The van der Waals surface area contributed by atoms with Gasteiger partial charge >= 0.3 is 0 Å². The van der Waals surface area contributed by atoms with Gasteiger partial charge in [0.1, 0.15) is 5.82 Å². The van der Waals surface area contributed by atoms with Crippen LogP contribution in [0.3, 0.4) is 0 Å². The third-order valence-corrected chi connectivity index (χ3v) is 4.54. The van der Waals surface area contributed by atoms with Gasteiger partial charge in [-0.25, -0.2) is 9.97 Å². The first-order valence-electron chi connectivity index (χ1n) is 7.77. The zero-order chi connectivity index (χ0) is 14.9. The summed E-state index contributed by atoms with van der Waals surface area (Å²) >= 11 is 0. The fourth-order valence-electron chi connectivity index (χ4n) is 3.07. The van der Waals surface area contributed by atoms with E-state index >= 15 is 0 Å².